The molecule has 1 unspecified atom stereocenters. The zero-order chi connectivity index (χ0) is 18.8. The minimum atomic E-state index is -0.635. The van der Waals surface area contributed by atoms with E-state index in [9.17, 15) is 14.4 Å². The Balaban J connectivity index is 1.43. The van der Waals surface area contributed by atoms with E-state index >= 15 is 0 Å². The number of ether oxygens (including phenoxy) is 1. The number of nitrogens with zero attached hydrogens (tertiary/aromatic N) is 2. The van der Waals surface area contributed by atoms with E-state index in [0.717, 1.165) is 38.3 Å². The summed E-state index contributed by atoms with van der Waals surface area (Å²) in [5.74, 6) is -0.711. The van der Waals surface area contributed by atoms with Gasteiger partial charge in [0.1, 0.15) is 12.1 Å². The number of rotatable bonds is 4. The van der Waals surface area contributed by atoms with Crippen LogP contribution in [0.25, 0.3) is 0 Å². The van der Waals surface area contributed by atoms with E-state index < -0.39 is 24.1 Å². The molecule has 0 aliphatic carbocycles. The lowest BCUT2D eigenvalue weighted by Crippen LogP contribution is -2.52. The highest BCUT2D eigenvalue weighted by atomic mass is 16.6. The number of imide groups is 1. The highest BCUT2D eigenvalue weighted by molar-refractivity contribution is 6.01. The highest BCUT2D eigenvalue weighted by Crippen LogP contribution is 2.30. The first kappa shape index (κ1) is 17.9. The van der Waals surface area contributed by atoms with Gasteiger partial charge in [-0.2, -0.15) is 0 Å². The molecule has 2 N–H and O–H groups in total. The number of carbonyl (C=O) groups is 3. The van der Waals surface area contributed by atoms with E-state index in [1.165, 1.54) is 10.5 Å². The number of benzene rings is 1. The lowest BCUT2D eigenvalue weighted by Gasteiger charge is -2.27. The van der Waals surface area contributed by atoms with E-state index in [1.807, 2.05) is 12.1 Å². The standard InChI is InChI=1S/C19H24N4O4/c24-17-5-4-15(18(25)21-17)23-12-16(27-19(23)26)14-3-1-2-13(10-14)11-22-8-6-20-7-9-22/h1-3,10,15-16,20H,4-9,11-12H2,(H,21,24,25)/t15?,16-/m1/s1. The van der Waals surface area contributed by atoms with Crippen molar-refractivity contribution < 1.29 is 19.1 Å². The highest BCUT2D eigenvalue weighted by Gasteiger charge is 2.41. The largest absolute Gasteiger partial charge is 0.439 e. The molecule has 0 saturated carbocycles. The SMILES string of the molecule is O=C1CCC(N2C[C@H](c3cccc(CN4CCNCC4)c3)OC2=O)C(=O)N1. The third-order valence-corrected chi connectivity index (χ3v) is 5.37. The number of amides is 3. The van der Waals surface area contributed by atoms with Gasteiger partial charge in [0.25, 0.3) is 0 Å². The number of piperidine rings is 1. The van der Waals surface area contributed by atoms with E-state index in [1.54, 1.807) is 0 Å². The van der Waals surface area contributed by atoms with Crippen LogP contribution < -0.4 is 10.6 Å². The summed E-state index contributed by atoms with van der Waals surface area (Å²) in [5, 5.41) is 5.64. The van der Waals surface area contributed by atoms with Crippen LogP contribution in [0.1, 0.15) is 30.1 Å². The lowest BCUT2D eigenvalue weighted by molar-refractivity contribution is -0.136. The molecule has 1 aromatic rings. The first-order valence-corrected chi connectivity index (χ1v) is 9.43. The fourth-order valence-corrected chi connectivity index (χ4v) is 3.91. The van der Waals surface area contributed by atoms with Crippen molar-refractivity contribution in [2.24, 2.45) is 0 Å². The molecule has 3 aliphatic heterocycles. The number of hydrogen-bond acceptors (Lipinski definition) is 6. The fraction of sp³-hybridized carbons (Fsp3) is 0.526. The third kappa shape index (κ3) is 3.96. The van der Waals surface area contributed by atoms with Crippen molar-refractivity contribution in [3.8, 4) is 0 Å². The van der Waals surface area contributed by atoms with Gasteiger partial charge < -0.3 is 10.1 Å². The van der Waals surface area contributed by atoms with Crippen molar-refractivity contribution in [2.75, 3.05) is 32.7 Å². The molecule has 8 heteroatoms. The predicted molar refractivity (Wildman–Crippen MR) is 96.7 cm³/mol. The van der Waals surface area contributed by atoms with Gasteiger partial charge in [-0.05, 0) is 17.5 Å². The van der Waals surface area contributed by atoms with Crippen molar-refractivity contribution in [2.45, 2.75) is 31.5 Å². The summed E-state index contributed by atoms with van der Waals surface area (Å²) in [6.07, 6.45) is -0.312. The van der Waals surface area contributed by atoms with Crippen LogP contribution >= 0.6 is 0 Å². The van der Waals surface area contributed by atoms with Crippen LogP contribution in [0, 0.1) is 0 Å². The molecule has 0 aromatic heterocycles. The maximum atomic E-state index is 12.3. The maximum absolute atomic E-state index is 12.3. The Morgan fingerprint density at radius 3 is 2.74 bits per heavy atom. The molecule has 0 radical (unpaired) electrons. The summed E-state index contributed by atoms with van der Waals surface area (Å²) < 4.78 is 5.53. The number of cyclic esters (lactones) is 1. The van der Waals surface area contributed by atoms with Crippen LogP contribution in [0.3, 0.4) is 0 Å². The first-order chi connectivity index (χ1) is 13.1. The average Bonchev–Trinajstić information content (AvgIpc) is 3.04. The van der Waals surface area contributed by atoms with Gasteiger partial charge in [0.2, 0.25) is 11.8 Å². The Morgan fingerprint density at radius 2 is 1.96 bits per heavy atom. The Morgan fingerprint density at radius 1 is 1.15 bits per heavy atom. The number of carbonyl (C=O) groups excluding carboxylic acids is 3. The van der Waals surface area contributed by atoms with Crippen LogP contribution in [-0.4, -0.2) is 66.5 Å². The fourth-order valence-electron chi connectivity index (χ4n) is 3.91. The summed E-state index contributed by atoms with van der Waals surface area (Å²) in [6.45, 7) is 5.23. The van der Waals surface area contributed by atoms with Crippen molar-refractivity contribution in [1.29, 1.82) is 0 Å². The molecule has 3 amide bonds. The first-order valence-electron chi connectivity index (χ1n) is 9.43. The van der Waals surface area contributed by atoms with Crippen molar-refractivity contribution >= 4 is 17.9 Å². The Bertz CT molecular complexity index is 747. The normalized spacial score (nSPS) is 26.8. The second kappa shape index (κ2) is 7.66. The minimum absolute atomic E-state index is 0.241. The Labute approximate surface area is 157 Å². The van der Waals surface area contributed by atoms with Crippen LogP contribution in [0.15, 0.2) is 24.3 Å². The number of nitrogens with one attached hydrogen (secondary N) is 2. The van der Waals surface area contributed by atoms with Crippen LogP contribution in [-0.2, 0) is 20.9 Å². The van der Waals surface area contributed by atoms with E-state index in [0.29, 0.717) is 13.0 Å². The van der Waals surface area contributed by atoms with E-state index in [2.05, 4.69) is 27.7 Å². The van der Waals surface area contributed by atoms with Gasteiger partial charge >= 0.3 is 6.09 Å². The third-order valence-electron chi connectivity index (χ3n) is 5.37. The quantitative estimate of drug-likeness (QED) is 0.743. The van der Waals surface area contributed by atoms with Crippen LogP contribution in [0.2, 0.25) is 0 Å². The lowest BCUT2D eigenvalue weighted by atomic mass is 10.0. The van der Waals surface area contributed by atoms with Gasteiger partial charge in [-0.1, -0.05) is 24.3 Å². The van der Waals surface area contributed by atoms with Gasteiger partial charge in [0, 0.05) is 39.1 Å². The predicted octanol–water partition coefficient (Wildman–Crippen LogP) is 0.390. The van der Waals surface area contributed by atoms with Gasteiger partial charge in [-0.25, -0.2) is 4.79 Å². The summed E-state index contributed by atoms with van der Waals surface area (Å²) in [4.78, 5) is 39.5. The summed E-state index contributed by atoms with van der Waals surface area (Å²) in [6, 6.07) is 7.46. The zero-order valence-corrected chi connectivity index (χ0v) is 15.1. The topological polar surface area (TPSA) is 91.0 Å². The van der Waals surface area contributed by atoms with E-state index in [-0.39, 0.29) is 12.3 Å². The van der Waals surface area contributed by atoms with Gasteiger partial charge in [-0.3, -0.25) is 24.7 Å². The summed E-state index contributed by atoms with van der Waals surface area (Å²) >= 11 is 0. The van der Waals surface area contributed by atoms with Gasteiger partial charge in [0.05, 0.1) is 6.54 Å². The monoisotopic (exact) mass is 372 g/mol. The van der Waals surface area contributed by atoms with Crippen molar-refractivity contribution in [1.82, 2.24) is 20.4 Å². The molecule has 0 spiro atoms. The molecular weight excluding hydrogens is 348 g/mol. The van der Waals surface area contributed by atoms with Gasteiger partial charge in [-0.15, -0.1) is 0 Å². The number of piperazine rings is 1. The zero-order valence-electron chi connectivity index (χ0n) is 15.1. The van der Waals surface area contributed by atoms with Crippen molar-refractivity contribution in [3.05, 3.63) is 35.4 Å². The summed E-state index contributed by atoms with van der Waals surface area (Å²) in [7, 11) is 0. The second-order valence-electron chi connectivity index (χ2n) is 7.26. The molecular formula is C19H24N4O4. The smallest absolute Gasteiger partial charge is 0.411 e. The molecule has 1 aromatic carbocycles. The molecule has 3 saturated heterocycles. The molecule has 3 aliphatic rings. The van der Waals surface area contributed by atoms with E-state index in [4.69, 9.17) is 4.74 Å². The Kier molecular flexibility index (Phi) is 5.09. The molecule has 8 nitrogen and oxygen atoms in total. The minimum Gasteiger partial charge on any atom is -0.439 e. The molecule has 0 bridgehead atoms. The molecule has 2 atom stereocenters. The molecule has 27 heavy (non-hydrogen) atoms. The van der Waals surface area contributed by atoms with Crippen LogP contribution in [0.5, 0.6) is 0 Å². The Hall–Kier alpha value is -2.45. The van der Waals surface area contributed by atoms with Crippen LogP contribution in [0.4, 0.5) is 4.79 Å². The molecule has 3 fully saturated rings. The van der Waals surface area contributed by atoms with Crippen molar-refractivity contribution in [3.63, 3.8) is 0 Å². The molecule has 3 heterocycles. The maximum Gasteiger partial charge on any atom is 0.411 e. The number of hydrogen-bond donors (Lipinski definition) is 2. The summed E-state index contributed by atoms with van der Waals surface area (Å²) in [5.41, 5.74) is 2.12. The average molecular weight is 372 g/mol. The van der Waals surface area contributed by atoms with Gasteiger partial charge in [0.15, 0.2) is 0 Å². The molecule has 144 valence electrons. The second-order valence-corrected chi connectivity index (χ2v) is 7.26. The molecule has 4 rings (SSSR count).